The maximum absolute atomic E-state index is 12.4. The number of hydrogen-bond acceptors (Lipinski definition) is 2. The lowest BCUT2D eigenvalue weighted by Crippen LogP contribution is -2.37. The zero-order valence-electron chi connectivity index (χ0n) is 14.7. The predicted molar refractivity (Wildman–Crippen MR) is 101 cm³/mol. The third-order valence-corrected chi connectivity index (χ3v) is 4.94. The molecule has 3 nitrogen and oxygen atoms in total. The van der Waals surface area contributed by atoms with Gasteiger partial charge in [0.2, 0.25) is 0 Å². The molecular formula is C21H24ClNO2. The molecule has 1 aliphatic rings. The van der Waals surface area contributed by atoms with Gasteiger partial charge >= 0.3 is 0 Å². The van der Waals surface area contributed by atoms with E-state index in [0.29, 0.717) is 10.8 Å². The minimum absolute atomic E-state index is 0.0508. The Balaban J connectivity index is 1.61. The van der Waals surface area contributed by atoms with Crippen molar-refractivity contribution >= 4 is 17.5 Å². The number of carbonyl (C=O) groups is 1. The number of nitrogens with one attached hydrogen (secondary N) is 1. The smallest absolute Gasteiger partial charge is 0.261 e. The zero-order chi connectivity index (χ0) is 17.8. The Kier molecular flexibility index (Phi) is 5.64. The van der Waals surface area contributed by atoms with E-state index in [1.165, 1.54) is 30.4 Å². The Labute approximate surface area is 154 Å². The van der Waals surface area contributed by atoms with Crippen LogP contribution < -0.4 is 10.1 Å². The van der Waals surface area contributed by atoms with Crippen molar-refractivity contribution in [2.45, 2.75) is 51.7 Å². The average molecular weight is 358 g/mol. The minimum Gasteiger partial charge on any atom is -0.481 e. The Morgan fingerprint density at radius 1 is 1.08 bits per heavy atom. The topological polar surface area (TPSA) is 38.3 Å². The number of halogens is 1. The number of aryl methyl sites for hydroxylation is 2. The van der Waals surface area contributed by atoms with E-state index >= 15 is 0 Å². The summed E-state index contributed by atoms with van der Waals surface area (Å²) in [6.45, 7) is 3.75. The number of rotatable bonds is 5. The lowest BCUT2D eigenvalue weighted by atomic mass is 9.89. The van der Waals surface area contributed by atoms with E-state index < -0.39 is 6.10 Å². The highest BCUT2D eigenvalue weighted by atomic mass is 35.5. The van der Waals surface area contributed by atoms with Gasteiger partial charge in [-0.25, -0.2) is 0 Å². The minimum atomic E-state index is -0.585. The van der Waals surface area contributed by atoms with Crippen molar-refractivity contribution in [3.63, 3.8) is 0 Å². The van der Waals surface area contributed by atoms with Crippen LogP contribution in [0.5, 0.6) is 5.75 Å². The van der Waals surface area contributed by atoms with Gasteiger partial charge in [0.1, 0.15) is 5.75 Å². The molecule has 0 fully saturated rings. The summed E-state index contributed by atoms with van der Waals surface area (Å²) < 4.78 is 5.69. The molecule has 1 amide bonds. The van der Waals surface area contributed by atoms with Gasteiger partial charge in [0.05, 0.1) is 6.04 Å². The Hall–Kier alpha value is -2.00. The van der Waals surface area contributed by atoms with Crippen LogP contribution in [0, 0.1) is 0 Å². The first-order valence-corrected chi connectivity index (χ1v) is 9.25. The molecular weight excluding hydrogens is 334 g/mol. The molecule has 132 valence electrons. The van der Waals surface area contributed by atoms with E-state index in [1.807, 2.05) is 6.92 Å². The van der Waals surface area contributed by atoms with Gasteiger partial charge in [0.25, 0.3) is 5.91 Å². The molecule has 2 atom stereocenters. The Morgan fingerprint density at radius 2 is 1.84 bits per heavy atom. The van der Waals surface area contributed by atoms with Gasteiger partial charge in [-0.05, 0) is 74.4 Å². The summed E-state index contributed by atoms with van der Waals surface area (Å²) in [4.78, 5) is 12.4. The van der Waals surface area contributed by atoms with Gasteiger partial charge in [0.15, 0.2) is 6.10 Å². The molecule has 25 heavy (non-hydrogen) atoms. The van der Waals surface area contributed by atoms with Gasteiger partial charge in [-0.15, -0.1) is 0 Å². The van der Waals surface area contributed by atoms with Crippen LogP contribution in [0.15, 0.2) is 42.5 Å². The van der Waals surface area contributed by atoms with Crippen LogP contribution in [-0.4, -0.2) is 12.0 Å². The first kappa shape index (κ1) is 17.8. The van der Waals surface area contributed by atoms with Crippen molar-refractivity contribution in [1.29, 1.82) is 0 Å². The van der Waals surface area contributed by atoms with Crippen molar-refractivity contribution in [2.24, 2.45) is 0 Å². The molecule has 0 bridgehead atoms. The molecule has 4 heteroatoms. The second-order valence-corrected chi connectivity index (χ2v) is 7.12. The molecule has 0 aromatic heterocycles. The summed E-state index contributed by atoms with van der Waals surface area (Å²) >= 11 is 5.95. The van der Waals surface area contributed by atoms with Crippen LogP contribution in [0.1, 0.15) is 49.4 Å². The number of benzene rings is 2. The first-order chi connectivity index (χ1) is 12.0. The molecule has 1 aliphatic carbocycles. The molecule has 3 rings (SSSR count). The van der Waals surface area contributed by atoms with Gasteiger partial charge < -0.3 is 10.1 Å². The van der Waals surface area contributed by atoms with E-state index in [9.17, 15) is 4.79 Å². The monoisotopic (exact) mass is 357 g/mol. The van der Waals surface area contributed by atoms with Crippen molar-refractivity contribution in [2.75, 3.05) is 0 Å². The second-order valence-electron chi connectivity index (χ2n) is 6.68. The zero-order valence-corrected chi connectivity index (χ0v) is 15.5. The third-order valence-electron chi connectivity index (χ3n) is 4.71. The predicted octanol–water partition coefficient (Wildman–Crippen LogP) is 4.86. The summed E-state index contributed by atoms with van der Waals surface area (Å²) in [6.07, 6.45) is 4.25. The molecule has 0 radical (unpaired) electrons. The van der Waals surface area contributed by atoms with Crippen LogP contribution in [0.2, 0.25) is 5.02 Å². The van der Waals surface area contributed by atoms with Gasteiger partial charge in [-0.1, -0.05) is 35.9 Å². The van der Waals surface area contributed by atoms with Gasteiger partial charge in [-0.2, -0.15) is 0 Å². The SMILES string of the molecule is C[C@H](Oc1cccc(Cl)c1)C(=O)N[C@@H](C)c1ccc2c(c1)CCCC2. The van der Waals surface area contributed by atoms with Crippen molar-refractivity contribution in [3.05, 3.63) is 64.2 Å². The molecule has 0 aliphatic heterocycles. The number of fused-ring (bicyclic) bond motifs is 1. The highest BCUT2D eigenvalue weighted by Crippen LogP contribution is 2.25. The second kappa shape index (κ2) is 7.92. The van der Waals surface area contributed by atoms with Crippen LogP contribution in [0.3, 0.4) is 0 Å². The first-order valence-electron chi connectivity index (χ1n) is 8.87. The number of hydrogen-bond donors (Lipinski definition) is 1. The fourth-order valence-electron chi connectivity index (χ4n) is 3.23. The fraction of sp³-hybridized carbons (Fsp3) is 0.381. The lowest BCUT2D eigenvalue weighted by molar-refractivity contribution is -0.127. The standard InChI is InChI=1S/C21H24ClNO2/c1-14(17-11-10-16-6-3-4-7-18(16)12-17)23-21(24)15(2)25-20-9-5-8-19(22)13-20/h5,8-15H,3-4,6-7H2,1-2H3,(H,23,24)/t14-,15-/m0/s1. The largest absolute Gasteiger partial charge is 0.481 e. The van der Waals surface area contributed by atoms with Crippen molar-refractivity contribution < 1.29 is 9.53 Å². The van der Waals surface area contributed by atoms with E-state index in [4.69, 9.17) is 16.3 Å². The van der Waals surface area contributed by atoms with E-state index in [2.05, 4.69) is 23.5 Å². The van der Waals surface area contributed by atoms with Crippen LogP contribution >= 0.6 is 11.6 Å². The van der Waals surface area contributed by atoms with Crippen LogP contribution in [0.25, 0.3) is 0 Å². The Morgan fingerprint density at radius 3 is 2.60 bits per heavy atom. The fourth-order valence-corrected chi connectivity index (χ4v) is 3.42. The summed E-state index contributed by atoms with van der Waals surface area (Å²) in [7, 11) is 0. The average Bonchev–Trinajstić information content (AvgIpc) is 2.61. The van der Waals surface area contributed by atoms with Crippen molar-refractivity contribution in [1.82, 2.24) is 5.32 Å². The molecule has 0 heterocycles. The third kappa shape index (κ3) is 4.55. The Bertz CT molecular complexity index is 759. The number of carbonyl (C=O) groups excluding carboxylic acids is 1. The maximum atomic E-state index is 12.4. The lowest BCUT2D eigenvalue weighted by Gasteiger charge is -2.21. The molecule has 0 saturated carbocycles. The van der Waals surface area contributed by atoms with E-state index in [1.54, 1.807) is 31.2 Å². The summed E-state index contributed by atoms with van der Waals surface area (Å²) in [5.41, 5.74) is 4.02. The molecule has 0 saturated heterocycles. The van der Waals surface area contributed by atoms with E-state index in [0.717, 1.165) is 12.0 Å². The molecule has 2 aromatic rings. The maximum Gasteiger partial charge on any atom is 0.261 e. The molecule has 2 aromatic carbocycles. The van der Waals surface area contributed by atoms with Crippen molar-refractivity contribution in [3.8, 4) is 5.75 Å². The summed E-state index contributed by atoms with van der Waals surface area (Å²) in [5.74, 6) is 0.460. The highest BCUT2D eigenvalue weighted by Gasteiger charge is 2.19. The molecule has 0 unspecified atom stereocenters. The number of amides is 1. The quantitative estimate of drug-likeness (QED) is 0.829. The summed E-state index contributed by atoms with van der Waals surface area (Å²) in [5, 5.41) is 3.63. The van der Waals surface area contributed by atoms with Crippen LogP contribution in [0.4, 0.5) is 0 Å². The van der Waals surface area contributed by atoms with Crippen LogP contribution in [-0.2, 0) is 17.6 Å². The van der Waals surface area contributed by atoms with Gasteiger partial charge in [0, 0.05) is 5.02 Å². The number of ether oxygens (including phenoxy) is 1. The van der Waals surface area contributed by atoms with E-state index in [-0.39, 0.29) is 11.9 Å². The molecule has 1 N–H and O–H groups in total. The van der Waals surface area contributed by atoms with Gasteiger partial charge in [-0.3, -0.25) is 4.79 Å². The highest BCUT2D eigenvalue weighted by molar-refractivity contribution is 6.30. The normalized spacial score (nSPS) is 15.8. The summed E-state index contributed by atoms with van der Waals surface area (Å²) in [6, 6.07) is 13.6. The molecule has 0 spiro atoms.